The number of nitrogens with one attached hydrogen (secondary N) is 1. The van der Waals surface area contributed by atoms with E-state index < -0.39 is 12.1 Å². The lowest BCUT2D eigenvalue weighted by Gasteiger charge is -2.37. The summed E-state index contributed by atoms with van der Waals surface area (Å²) in [6.07, 6.45) is 1.19. The van der Waals surface area contributed by atoms with Crippen LogP contribution in [0.5, 0.6) is 5.88 Å². The van der Waals surface area contributed by atoms with Gasteiger partial charge in [-0.05, 0) is 44.5 Å². The number of pyridine rings is 1. The number of hydrogen-bond donors (Lipinski definition) is 2. The average molecular weight is 526 g/mol. The number of amides is 4. The van der Waals surface area contributed by atoms with Gasteiger partial charge >= 0.3 is 6.03 Å². The molecule has 0 radical (unpaired) electrons. The Morgan fingerprint density at radius 1 is 1.16 bits per heavy atom. The van der Waals surface area contributed by atoms with E-state index in [4.69, 9.17) is 4.74 Å². The maximum Gasteiger partial charge on any atom is 0.317 e. The second-order valence-electron chi connectivity index (χ2n) is 10.5. The second-order valence-corrected chi connectivity index (χ2v) is 10.5. The van der Waals surface area contributed by atoms with Crippen LogP contribution >= 0.6 is 0 Å². The van der Waals surface area contributed by atoms with Crippen molar-refractivity contribution in [3.05, 3.63) is 47.7 Å². The van der Waals surface area contributed by atoms with Gasteiger partial charge in [0.1, 0.15) is 11.7 Å². The number of aromatic nitrogens is 1. The van der Waals surface area contributed by atoms with Crippen LogP contribution in [-0.2, 0) is 0 Å². The topological polar surface area (TPSA) is 115 Å². The number of fused-ring (bicyclic) bond motifs is 1. The number of aliphatic hydroxyl groups excluding tert-OH is 1. The van der Waals surface area contributed by atoms with Crippen molar-refractivity contribution in [1.82, 2.24) is 25.0 Å². The van der Waals surface area contributed by atoms with Crippen LogP contribution in [0.1, 0.15) is 48.4 Å². The van der Waals surface area contributed by atoms with Crippen molar-refractivity contribution in [1.29, 1.82) is 0 Å². The van der Waals surface area contributed by atoms with Gasteiger partial charge in [0.2, 0.25) is 5.88 Å². The van der Waals surface area contributed by atoms with Crippen molar-refractivity contribution >= 4 is 17.8 Å². The zero-order chi connectivity index (χ0) is 28.1. The number of urea groups is 1. The van der Waals surface area contributed by atoms with Crippen LogP contribution < -0.4 is 10.1 Å². The molecule has 2 N–H and O–H groups in total. The van der Waals surface area contributed by atoms with Crippen LogP contribution in [0.3, 0.4) is 0 Å². The normalized spacial score (nSPS) is 18.1. The van der Waals surface area contributed by atoms with Gasteiger partial charge < -0.3 is 29.9 Å². The molecule has 10 heteroatoms. The van der Waals surface area contributed by atoms with Crippen LogP contribution in [0.4, 0.5) is 4.79 Å². The molecule has 1 aromatic heterocycles. The van der Waals surface area contributed by atoms with Gasteiger partial charge in [0.15, 0.2) is 0 Å². The number of likely N-dealkylation sites (N-methyl/N-ethyl adjacent to an activating group) is 1. The van der Waals surface area contributed by atoms with Crippen molar-refractivity contribution in [3.8, 4) is 17.0 Å². The summed E-state index contributed by atoms with van der Waals surface area (Å²) in [6.45, 7) is 7.98. The number of nitrogens with zero attached hydrogens (tertiary/aromatic N) is 4. The molecule has 206 valence electrons. The van der Waals surface area contributed by atoms with Crippen molar-refractivity contribution < 1.29 is 24.2 Å². The minimum absolute atomic E-state index is 0.00461. The van der Waals surface area contributed by atoms with E-state index in [9.17, 15) is 19.5 Å². The summed E-state index contributed by atoms with van der Waals surface area (Å²) in [7, 11) is 5.10. The molecular formula is C28H39N5O5. The predicted octanol–water partition coefficient (Wildman–Crippen LogP) is 2.72. The molecule has 4 amide bonds. The highest BCUT2D eigenvalue weighted by Crippen LogP contribution is 2.30. The van der Waals surface area contributed by atoms with Gasteiger partial charge in [-0.2, -0.15) is 0 Å². The maximum absolute atomic E-state index is 13.7. The van der Waals surface area contributed by atoms with Gasteiger partial charge in [-0.1, -0.05) is 19.1 Å². The quantitative estimate of drug-likeness (QED) is 0.575. The standard InChI is InChI=1S/C28H39N5O5/c1-17(2)30-28(37)32(7)15-24-18(3)14-33(19(4)16-34)27(36)23-12-22(13-29-25(23)38-24)20-8-10-21(11-9-20)26(35)31(5)6/h8-13,17-19,24,34H,14-16H2,1-7H3,(H,30,37)/t18-,19+,24-/m0/s1. The third-order valence-electron chi connectivity index (χ3n) is 6.61. The molecule has 3 atom stereocenters. The molecule has 0 saturated carbocycles. The molecule has 2 aromatic rings. The molecule has 0 unspecified atom stereocenters. The molecule has 3 rings (SSSR count). The van der Waals surface area contributed by atoms with Gasteiger partial charge in [0, 0.05) is 57.0 Å². The first kappa shape index (κ1) is 28.9. The number of benzene rings is 1. The summed E-state index contributed by atoms with van der Waals surface area (Å²) in [5, 5.41) is 12.8. The number of aliphatic hydroxyl groups is 1. The van der Waals surface area contributed by atoms with E-state index in [2.05, 4.69) is 10.3 Å². The van der Waals surface area contributed by atoms with Crippen molar-refractivity contribution in [3.63, 3.8) is 0 Å². The van der Waals surface area contributed by atoms with Crippen LogP contribution in [-0.4, -0.2) is 102 Å². The van der Waals surface area contributed by atoms with E-state index in [1.807, 2.05) is 32.9 Å². The van der Waals surface area contributed by atoms with Gasteiger partial charge in [0.05, 0.1) is 19.2 Å². The third-order valence-corrected chi connectivity index (χ3v) is 6.61. The number of rotatable bonds is 7. The minimum atomic E-state index is -0.437. The van der Waals surface area contributed by atoms with Crippen LogP contribution in [0.25, 0.3) is 11.1 Å². The fourth-order valence-corrected chi connectivity index (χ4v) is 4.25. The summed E-state index contributed by atoms with van der Waals surface area (Å²) in [6, 6.07) is 8.20. The molecule has 1 aliphatic rings. The lowest BCUT2D eigenvalue weighted by molar-refractivity contribution is 0.0352. The number of ether oxygens (including phenoxy) is 1. The lowest BCUT2D eigenvalue weighted by atomic mass is 9.99. The molecule has 10 nitrogen and oxygen atoms in total. The largest absolute Gasteiger partial charge is 0.472 e. The van der Waals surface area contributed by atoms with Crippen LogP contribution in [0, 0.1) is 5.92 Å². The fourth-order valence-electron chi connectivity index (χ4n) is 4.25. The molecule has 0 saturated heterocycles. The third kappa shape index (κ3) is 6.61. The van der Waals surface area contributed by atoms with E-state index >= 15 is 0 Å². The van der Waals surface area contributed by atoms with Gasteiger partial charge in [-0.25, -0.2) is 9.78 Å². The molecule has 0 bridgehead atoms. The Morgan fingerprint density at radius 3 is 2.39 bits per heavy atom. The van der Waals surface area contributed by atoms with Gasteiger partial charge in [0.25, 0.3) is 11.8 Å². The van der Waals surface area contributed by atoms with Gasteiger partial charge in [-0.15, -0.1) is 0 Å². The molecule has 2 heterocycles. The van der Waals surface area contributed by atoms with Crippen molar-refractivity contribution in [2.45, 2.75) is 45.9 Å². The second kappa shape index (κ2) is 12.3. The molecule has 0 aliphatic carbocycles. The molecule has 1 aromatic carbocycles. The Bertz CT molecular complexity index is 1150. The van der Waals surface area contributed by atoms with Crippen LogP contribution in [0.15, 0.2) is 36.5 Å². The highest BCUT2D eigenvalue weighted by atomic mass is 16.5. The molecule has 38 heavy (non-hydrogen) atoms. The summed E-state index contributed by atoms with van der Waals surface area (Å²) in [5.41, 5.74) is 2.33. The number of hydrogen-bond acceptors (Lipinski definition) is 6. The van der Waals surface area contributed by atoms with E-state index in [-0.39, 0.29) is 47.9 Å². The Labute approximate surface area is 224 Å². The van der Waals surface area contributed by atoms with E-state index in [1.54, 1.807) is 62.3 Å². The van der Waals surface area contributed by atoms with E-state index in [1.165, 1.54) is 4.90 Å². The molecule has 1 aliphatic heterocycles. The van der Waals surface area contributed by atoms with Crippen molar-refractivity contribution in [2.75, 3.05) is 40.8 Å². The zero-order valence-electron chi connectivity index (χ0n) is 23.3. The zero-order valence-corrected chi connectivity index (χ0v) is 23.3. The first-order valence-corrected chi connectivity index (χ1v) is 12.8. The Morgan fingerprint density at radius 2 is 1.82 bits per heavy atom. The fraction of sp³-hybridized carbons (Fsp3) is 0.500. The summed E-state index contributed by atoms with van der Waals surface area (Å²) in [4.78, 5) is 47.7. The summed E-state index contributed by atoms with van der Waals surface area (Å²) in [5.74, 6) is -0.343. The monoisotopic (exact) mass is 525 g/mol. The summed E-state index contributed by atoms with van der Waals surface area (Å²) >= 11 is 0. The van der Waals surface area contributed by atoms with E-state index in [0.717, 1.165) is 5.56 Å². The SMILES string of the molecule is CC(C)NC(=O)N(C)C[C@@H]1Oc2ncc(-c3ccc(C(=O)N(C)C)cc3)cc2C(=O)N([C@H](C)CO)C[C@@H]1C. The maximum atomic E-state index is 13.7. The molecule has 0 fully saturated rings. The average Bonchev–Trinajstić information content (AvgIpc) is 2.89. The van der Waals surface area contributed by atoms with Gasteiger partial charge in [-0.3, -0.25) is 9.59 Å². The first-order chi connectivity index (χ1) is 17.9. The van der Waals surface area contributed by atoms with Crippen molar-refractivity contribution in [2.24, 2.45) is 5.92 Å². The summed E-state index contributed by atoms with van der Waals surface area (Å²) < 4.78 is 6.28. The first-order valence-electron chi connectivity index (χ1n) is 12.8. The Balaban J connectivity index is 1.98. The Hall–Kier alpha value is -3.66. The highest BCUT2D eigenvalue weighted by Gasteiger charge is 2.35. The molecule has 0 spiro atoms. The minimum Gasteiger partial charge on any atom is -0.472 e. The Kier molecular flexibility index (Phi) is 9.32. The highest BCUT2D eigenvalue weighted by molar-refractivity contribution is 5.98. The number of carbonyl (C=O) groups excluding carboxylic acids is 3. The predicted molar refractivity (Wildman–Crippen MR) is 145 cm³/mol. The van der Waals surface area contributed by atoms with Crippen LogP contribution in [0.2, 0.25) is 0 Å². The lowest BCUT2D eigenvalue weighted by Crippen LogP contribution is -2.51. The van der Waals surface area contributed by atoms with E-state index in [0.29, 0.717) is 24.2 Å². The smallest absolute Gasteiger partial charge is 0.317 e. The molecular weight excluding hydrogens is 486 g/mol. The number of carbonyl (C=O) groups is 3.